The third-order valence-electron chi connectivity index (χ3n) is 3.30. The summed E-state index contributed by atoms with van der Waals surface area (Å²) in [5.74, 6) is 0. The Morgan fingerprint density at radius 3 is 2.65 bits per heavy atom. The number of anilines is 1. The maximum absolute atomic E-state index is 10.8. The highest BCUT2D eigenvalue weighted by molar-refractivity contribution is 6.32. The highest BCUT2D eigenvalue weighted by Crippen LogP contribution is 2.27. The summed E-state index contributed by atoms with van der Waals surface area (Å²) in [7, 11) is 0. The average Bonchev–Trinajstić information content (AvgIpc) is 2.40. The SMILES string of the molecule is CCCCCCCC(C)Nc1ccc(Cl)c([N+](=O)[O-])c1. The lowest BCUT2D eigenvalue weighted by atomic mass is 10.1. The third kappa shape index (κ3) is 5.78. The van der Waals surface area contributed by atoms with Crippen molar-refractivity contribution in [3.05, 3.63) is 33.3 Å². The van der Waals surface area contributed by atoms with E-state index < -0.39 is 4.92 Å². The largest absolute Gasteiger partial charge is 0.382 e. The van der Waals surface area contributed by atoms with Crippen molar-refractivity contribution in [2.75, 3.05) is 5.32 Å². The minimum atomic E-state index is -0.455. The highest BCUT2D eigenvalue weighted by Gasteiger charge is 2.13. The minimum Gasteiger partial charge on any atom is -0.382 e. The fourth-order valence-corrected chi connectivity index (χ4v) is 2.34. The van der Waals surface area contributed by atoms with Gasteiger partial charge < -0.3 is 5.32 Å². The Balaban J connectivity index is 2.43. The molecule has 0 saturated carbocycles. The molecule has 0 fully saturated rings. The van der Waals surface area contributed by atoms with Crippen LogP contribution < -0.4 is 5.32 Å². The number of nitro benzene ring substituents is 1. The van der Waals surface area contributed by atoms with Crippen LogP contribution in [-0.4, -0.2) is 11.0 Å². The van der Waals surface area contributed by atoms with Crippen LogP contribution in [0.1, 0.15) is 52.4 Å². The first-order chi connectivity index (χ1) is 9.54. The van der Waals surface area contributed by atoms with Gasteiger partial charge in [0.15, 0.2) is 0 Å². The second kappa shape index (κ2) is 8.80. The molecule has 1 rings (SSSR count). The molecule has 20 heavy (non-hydrogen) atoms. The van der Waals surface area contributed by atoms with Crippen molar-refractivity contribution in [1.29, 1.82) is 0 Å². The fourth-order valence-electron chi connectivity index (χ4n) is 2.15. The molecule has 1 aromatic rings. The molecule has 0 amide bonds. The molecule has 0 spiro atoms. The van der Waals surface area contributed by atoms with E-state index in [1.807, 2.05) is 0 Å². The zero-order valence-electron chi connectivity index (χ0n) is 12.2. The van der Waals surface area contributed by atoms with Gasteiger partial charge in [0, 0.05) is 17.8 Å². The van der Waals surface area contributed by atoms with Gasteiger partial charge >= 0.3 is 0 Å². The van der Waals surface area contributed by atoms with Crippen LogP contribution in [0.25, 0.3) is 0 Å². The predicted octanol–water partition coefficient (Wildman–Crippen LogP) is 5.41. The van der Waals surface area contributed by atoms with E-state index in [4.69, 9.17) is 11.6 Å². The zero-order chi connectivity index (χ0) is 15.0. The molecule has 0 aromatic heterocycles. The lowest BCUT2D eigenvalue weighted by Crippen LogP contribution is -2.14. The topological polar surface area (TPSA) is 55.2 Å². The van der Waals surface area contributed by atoms with E-state index in [1.54, 1.807) is 12.1 Å². The maximum Gasteiger partial charge on any atom is 0.289 e. The summed E-state index contributed by atoms with van der Waals surface area (Å²) in [4.78, 5) is 10.4. The molecule has 4 nitrogen and oxygen atoms in total. The Labute approximate surface area is 125 Å². The minimum absolute atomic E-state index is 0.0492. The molecule has 1 N–H and O–H groups in total. The monoisotopic (exact) mass is 298 g/mol. The van der Waals surface area contributed by atoms with E-state index in [9.17, 15) is 10.1 Å². The van der Waals surface area contributed by atoms with E-state index in [0.29, 0.717) is 6.04 Å². The van der Waals surface area contributed by atoms with Gasteiger partial charge in [-0.1, -0.05) is 50.6 Å². The van der Waals surface area contributed by atoms with E-state index in [-0.39, 0.29) is 10.7 Å². The van der Waals surface area contributed by atoms with Crippen molar-refractivity contribution in [2.45, 2.75) is 58.4 Å². The standard InChI is InChI=1S/C15H23ClN2O2/c1-3-4-5-6-7-8-12(2)17-13-9-10-14(16)15(11-13)18(19)20/h9-12,17H,3-8H2,1-2H3. The van der Waals surface area contributed by atoms with Gasteiger partial charge in [-0.15, -0.1) is 0 Å². The molecule has 0 aliphatic carbocycles. The van der Waals surface area contributed by atoms with E-state index in [1.165, 1.54) is 38.2 Å². The van der Waals surface area contributed by atoms with Crippen molar-refractivity contribution in [1.82, 2.24) is 0 Å². The van der Waals surface area contributed by atoms with Crippen LogP contribution in [0.5, 0.6) is 0 Å². The van der Waals surface area contributed by atoms with Gasteiger partial charge in [0.05, 0.1) is 4.92 Å². The summed E-state index contributed by atoms with van der Waals surface area (Å²) in [6.45, 7) is 4.30. The molecule has 1 aromatic carbocycles. The van der Waals surface area contributed by atoms with Crippen LogP contribution >= 0.6 is 11.6 Å². The van der Waals surface area contributed by atoms with Crippen LogP contribution in [-0.2, 0) is 0 Å². The molecule has 1 unspecified atom stereocenters. The summed E-state index contributed by atoms with van der Waals surface area (Å²) >= 11 is 5.79. The Kier molecular flexibility index (Phi) is 7.37. The number of rotatable bonds is 9. The lowest BCUT2D eigenvalue weighted by Gasteiger charge is -2.15. The van der Waals surface area contributed by atoms with Gasteiger partial charge in [0.2, 0.25) is 0 Å². The Morgan fingerprint density at radius 2 is 2.00 bits per heavy atom. The number of unbranched alkanes of at least 4 members (excludes halogenated alkanes) is 4. The smallest absolute Gasteiger partial charge is 0.289 e. The van der Waals surface area contributed by atoms with E-state index >= 15 is 0 Å². The second-order valence-electron chi connectivity index (χ2n) is 5.17. The molecular weight excluding hydrogens is 276 g/mol. The number of hydrogen-bond acceptors (Lipinski definition) is 3. The molecule has 0 radical (unpaired) electrons. The van der Waals surface area contributed by atoms with Crippen molar-refractivity contribution in [3.63, 3.8) is 0 Å². The van der Waals surface area contributed by atoms with Crippen LogP contribution in [0.15, 0.2) is 18.2 Å². The summed E-state index contributed by atoms with van der Waals surface area (Å²) in [6.07, 6.45) is 7.34. The Morgan fingerprint density at radius 1 is 1.30 bits per heavy atom. The Hall–Kier alpha value is -1.29. The number of nitro groups is 1. The van der Waals surface area contributed by atoms with Crippen LogP contribution in [0, 0.1) is 10.1 Å². The number of halogens is 1. The molecule has 5 heteroatoms. The number of nitrogens with one attached hydrogen (secondary N) is 1. The Bertz CT molecular complexity index is 438. The van der Waals surface area contributed by atoms with Crippen molar-refractivity contribution < 1.29 is 4.92 Å². The molecule has 0 saturated heterocycles. The van der Waals surface area contributed by atoms with Gasteiger partial charge in [-0.2, -0.15) is 0 Å². The van der Waals surface area contributed by atoms with Crippen molar-refractivity contribution in [2.24, 2.45) is 0 Å². The maximum atomic E-state index is 10.8. The molecule has 112 valence electrons. The third-order valence-corrected chi connectivity index (χ3v) is 3.62. The molecular formula is C15H23ClN2O2. The second-order valence-corrected chi connectivity index (χ2v) is 5.58. The van der Waals surface area contributed by atoms with Gasteiger partial charge in [0.25, 0.3) is 5.69 Å². The van der Waals surface area contributed by atoms with Crippen LogP contribution in [0.2, 0.25) is 5.02 Å². The fraction of sp³-hybridized carbons (Fsp3) is 0.600. The van der Waals surface area contributed by atoms with E-state index in [2.05, 4.69) is 19.2 Å². The lowest BCUT2D eigenvalue weighted by molar-refractivity contribution is -0.384. The number of benzene rings is 1. The number of nitrogens with zero attached hydrogens (tertiary/aromatic N) is 1. The quantitative estimate of drug-likeness (QED) is 0.377. The first kappa shape index (κ1) is 16.8. The molecule has 0 heterocycles. The molecule has 1 atom stereocenters. The van der Waals surface area contributed by atoms with Gasteiger partial charge in [0.1, 0.15) is 5.02 Å². The summed E-state index contributed by atoms with van der Waals surface area (Å²) < 4.78 is 0. The highest BCUT2D eigenvalue weighted by atomic mass is 35.5. The normalized spacial score (nSPS) is 12.2. The average molecular weight is 299 g/mol. The summed E-state index contributed by atoms with van der Waals surface area (Å²) in [5.41, 5.74) is 0.703. The van der Waals surface area contributed by atoms with Crippen LogP contribution in [0.3, 0.4) is 0 Å². The van der Waals surface area contributed by atoms with Crippen LogP contribution in [0.4, 0.5) is 11.4 Å². The van der Waals surface area contributed by atoms with E-state index in [0.717, 1.165) is 12.1 Å². The van der Waals surface area contributed by atoms with Gasteiger partial charge in [-0.05, 0) is 25.5 Å². The predicted molar refractivity (Wildman–Crippen MR) is 84.6 cm³/mol. The zero-order valence-corrected chi connectivity index (χ0v) is 12.9. The summed E-state index contributed by atoms with van der Waals surface area (Å²) in [5, 5.41) is 14.3. The first-order valence-electron chi connectivity index (χ1n) is 7.25. The van der Waals surface area contributed by atoms with Gasteiger partial charge in [-0.3, -0.25) is 10.1 Å². The number of hydrogen-bond donors (Lipinski definition) is 1. The van der Waals surface area contributed by atoms with Gasteiger partial charge in [-0.25, -0.2) is 0 Å². The van der Waals surface area contributed by atoms with Crippen molar-refractivity contribution in [3.8, 4) is 0 Å². The summed E-state index contributed by atoms with van der Waals surface area (Å²) in [6, 6.07) is 5.15. The molecule has 0 aliphatic heterocycles. The molecule has 0 bridgehead atoms. The molecule has 0 aliphatic rings. The first-order valence-corrected chi connectivity index (χ1v) is 7.63. The van der Waals surface area contributed by atoms with Crippen molar-refractivity contribution >= 4 is 23.0 Å².